The van der Waals surface area contributed by atoms with Crippen LogP contribution in [-0.4, -0.2) is 17.6 Å². The van der Waals surface area contributed by atoms with Crippen molar-refractivity contribution < 1.29 is 9.53 Å². The SMILES string of the molecule is CCOC(=O)/C=C1\C=CC(=S)Nc2ccccc21. The van der Waals surface area contributed by atoms with Gasteiger partial charge in [0.25, 0.3) is 0 Å². The quantitative estimate of drug-likeness (QED) is 0.503. The number of thiocarbonyl (C=S) groups is 1. The minimum atomic E-state index is -0.347. The third-order valence-electron chi connectivity index (χ3n) is 2.47. The number of ether oxygens (including phenoxy) is 1. The molecule has 0 spiro atoms. The molecule has 0 atom stereocenters. The second-order valence-corrected chi connectivity index (χ2v) is 4.16. The molecule has 0 aliphatic carbocycles. The number of carbonyl (C=O) groups excluding carboxylic acids is 1. The Labute approximate surface area is 111 Å². The van der Waals surface area contributed by atoms with E-state index in [2.05, 4.69) is 5.32 Å². The van der Waals surface area contributed by atoms with Crippen LogP contribution in [0.5, 0.6) is 0 Å². The molecule has 18 heavy (non-hydrogen) atoms. The lowest BCUT2D eigenvalue weighted by atomic mass is 10.0. The molecule has 4 heteroatoms. The molecule has 1 aromatic carbocycles. The zero-order chi connectivity index (χ0) is 13.0. The Bertz CT molecular complexity index is 546. The number of nitrogens with one attached hydrogen (secondary N) is 1. The van der Waals surface area contributed by atoms with Crippen LogP contribution in [0.1, 0.15) is 12.5 Å². The van der Waals surface area contributed by atoms with Gasteiger partial charge in [-0.05, 0) is 24.6 Å². The topological polar surface area (TPSA) is 38.3 Å². The molecule has 0 bridgehead atoms. The van der Waals surface area contributed by atoms with Gasteiger partial charge in [0.15, 0.2) is 0 Å². The van der Waals surface area contributed by atoms with Crippen LogP contribution < -0.4 is 5.32 Å². The fraction of sp³-hybridized carbons (Fsp3) is 0.143. The average Bonchev–Trinajstić information content (AvgIpc) is 2.50. The maximum Gasteiger partial charge on any atom is 0.331 e. The zero-order valence-corrected chi connectivity index (χ0v) is 10.8. The van der Waals surface area contributed by atoms with Crippen molar-refractivity contribution in [2.24, 2.45) is 0 Å². The van der Waals surface area contributed by atoms with E-state index in [0.717, 1.165) is 16.8 Å². The Morgan fingerprint density at radius 1 is 1.39 bits per heavy atom. The first-order valence-corrected chi connectivity index (χ1v) is 6.08. The molecule has 0 unspecified atom stereocenters. The molecule has 1 N–H and O–H groups in total. The lowest BCUT2D eigenvalue weighted by Gasteiger charge is -2.08. The van der Waals surface area contributed by atoms with E-state index in [1.54, 1.807) is 13.0 Å². The Hall–Kier alpha value is -1.94. The van der Waals surface area contributed by atoms with Crippen molar-refractivity contribution in [1.82, 2.24) is 0 Å². The van der Waals surface area contributed by atoms with E-state index in [1.807, 2.05) is 30.3 Å². The van der Waals surface area contributed by atoms with Gasteiger partial charge < -0.3 is 10.1 Å². The number of hydrogen-bond acceptors (Lipinski definition) is 3. The van der Waals surface area contributed by atoms with Crippen molar-refractivity contribution in [3.8, 4) is 0 Å². The lowest BCUT2D eigenvalue weighted by Crippen LogP contribution is -2.04. The predicted molar refractivity (Wildman–Crippen MR) is 76.4 cm³/mol. The largest absolute Gasteiger partial charge is 0.463 e. The molecular formula is C14H13NO2S. The van der Waals surface area contributed by atoms with E-state index in [9.17, 15) is 4.79 Å². The number of carbonyl (C=O) groups is 1. The number of anilines is 1. The number of allylic oxidation sites excluding steroid dienone is 2. The van der Waals surface area contributed by atoms with Crippen molar-refractivity contribution in [1.29, 1.82) is 0 Å². The first kappa shape index (κ1) is 12.5. The van der Waals surface area contributed by atoms with Crippen LogP contribution in [0.25, 0.3) is 5.57 Å². The second kappa shape index (κ2) is 5.60. The van der Waals surface area contributed by atoms with Crippen molar-refractivity contribution in [2.45, 2.75) is 6.92 Å². The van der Waals surface area contributed by atoms with E-state index >= 15 is 0 Å². The molecule has 0 amide bonds. The third kappa shape index (κ3) is 2.84. The molecule has 1 aliphatic heterocycles. The highest BCUT2D eigenvalue weighted by molar-refractivity contribution is 7.81. The summed E-state index contributed by atoms with van der Waals surface area (Å²) in [5.41, 5.74) is 2.61. The Kier molecular flexibility index (Phi) is 3.89. The molecule has 1 heterocycles. The van der Waals surface area contributed by atoms with Gasteiger partial charge in [-0.2, -0.15) is 0 Å². The summed E-state index contributed by atoms with van der Waals surface area (Å²) in [5, 5.41) is 3.11. The number of esters is 1. The van der Waals surface area contributed by atoms with Crippen molar-refractivity contribution in [3.63, 3.8) is 0 Å². The van der Waals surface area contributed by atoms with Crippen LogP contribution in [0.15, 0.2) is 42.5 Å². The standard InChI is InChI=1S/C14H13NO2S/c1-2-17-14(16)9-10-7-8-13(18)15-12-6-4-3-5-11(10)12/h3-9H,2H2,1H3,(H,15,18)/b10-9+. The molecule has 3 nitrogen and oxygen atoms in total. The van der Waals surface area contributed by atoms with Crippen LogP contribution in [0.2, 0.25) is 0 Å². The summed E-state index contributed by atoms with van der Waals surface area (Å²) >= 11 is 5.14. The summed E-state index contributed by atoms with van der Waals surface area (Å²) in [6, 6.07) is 7.70. The highest BCUT2D eigenvalue weighted by Crippen LogP contribution is 2.27. The molecule has 2 rings (SSSR count). The van der Waals surface area contributed by atoms with Gasteiger partial charge in [-0.1, -0.05) is 36.5 Å². The summed E-state index contributed by atoms with van der Waals surface area (Å²) in [6.07, 6.45) is 5.06. The molecule has 0 aromatic heterocycles. The number of para-hydroxylation sites is 1. The van der Waals surface area contributed by atoms with Gasteiger partial charge in [0, 0.05) is 17.3 Å². The summed E-state index contributed by atoms with van der Waals surface area (Å²) in [6.45, 7) is 2.15. The number of rotatable bonds is 2. The first-order chi connectivity index (χ1) is 8.70. The highest BCUT2D eigenvalue weighted by atomic mass is 32.1. The smallest absolute Gasteiger partial charge is 0.331 e. The number of hydrogen-bond donors (Lipinski definition) is 1. The number of fused-ring (bicyclic) bond motifs is 1. The minimum absolute atomic E-state index is 0.347. The van der Waals surface area contributed by atoms with Crippen LogP contribution >= 0.6 is 12.2 Å². The number of benzene rings is 1. The van der Waals surface area contributed by atoms with Gasteiger partial charge in [-0.25, -0.2) is 4.79 Å². The van der Waals surface area contributed by atoms with Crippen LogP contribution in [0.3, 0.4) is 0 Å². The van der Waals surface area contributed by atoms with E-state index in [1.165, 1.54) is 6.08 Å². The maximum atomic E-state index is 11.5. The fourth-order valence-corrected chi connectivity index (χ4v) is 1.89. The normalized spacial score (nSPS) is 15.8. The summed E-state index contributed by atoms with van der Waals surface area (Å²) in [4.78, 5) is 12.1. The summed E-state index contributed by atoms with van der Waals surface area (Å²) < 4.78 is 4.92. The molecule has 1 aliphatic rings. The van der Waals surface area contributed by atoms with Crippen LogP contribution in [-0.2, 0) is 9.53 Å². The Morgan fingerprint density at radius 2 is 2.17 bits per heavy atom. The Morgan fingerprint density at radius 3 is 2.94 bits per heavy atom. The lowest BCUT2D eigenvalue weighted by molar-refractivity contribution is -0.137. The van der Waals surface area contributed by atoms with Gasteiger partial charge in [-0.3, -0.25) is 0 Å². The molecule has 0 radical (unpaired) electrons. The molecule has 0 fully saturated rings. The van der Waals surface area contributed by atoms with Gasteiger partial charge in [0.1, 0.15) is 4.99 Å². The molecule has 0 saturated heterocycles. The van der Waals surface area contributed by atoms with Gasteiger partial charge >= 0.3 is 5.97 Å². The minimum Gasteiger partial charge on any atom is -0.463 e. The molecule has 1 aromatic rings. The third-order valence-corrected chi connectivity index (χ3v) is 2.71. The molecule has 0 saturated carbocycles. The zero-order valence-electron chi connectivity index (χ0n) is 9.97. The molecular weight excluding hydrogens is 246 g/mol. The Balaban J connectivity index is 2.43. The van der Waals surface area contributed by atoms with E-state index in [4.69, 9.17) is 17.0 Å². The second-order valence-electron chi connectivity index (χ2n) is 3.72. The van der Waals surface area contributed by atoms with Crippen molar-refractivity contribution >= 4 is 34.4 Å². The van der Waals surface area contributed by atoms with E-state index < -0.39 is 0 Å². The molecule has 92 valence electrons. The van der Waals surface area contributed by atoms with Crippen LogP contribution in [0, 0.1) is 0 Å². The van der Waals surface area contributed by atoms with Crippen molar-refractivity contribution in [2.75, 3.05) is 11.9 Å². The van der Waals surface area contributed by atoms with E-state index in [0.29, 0.717) is 11.6 Å². The predicted octanol–water partition coefficient (Wildman–Crippen LogP) is 2.94. The van der Waals surface area contributed by atoms with Crippen molar-refractivity contribution in [3.05, 3.63) is 48.1 Å². The van der Waals surface area contributed by atoms with Gasteiger partial charge in [0.2, 0.25) is 0 Å². The first-order valence-electron chi connectivity index (χ1n) is 5.67. The fourth-order valence-electron chi connectivity index (χ4n) is 1.71. The van der Waals surface area contributed by atoms with Crippen LogP contribution in [0.4, 0.5) is 5.69 Å². The van der Waals surface area contributed by atoms with Gasteiger partial charge in [-0.15, -0.1) is 0 Å². The monoisotopic (exact) mass is 259 g/mol. The van der Waals surface area contributed by atoms with E-state index in [-0.39, 0.29) is 5.97 Å². The maximum absolute atomic E-state index is 11.5. The van der Waals surface area contributed by atoms with Gasteiger partial charge in [0.05, 0.1) is 6.61 Å². The summed E-state index contributed by atoms with van der Waals surface area (Å²) in [7, 11) is 0. The average molecular weight is 259 g/mol. The highest BCUT2D eigenvalue weighted by Gasteiger charge is 2.11. The summed E-state index contributed by atoms with van der Waals surface area (Å²) in [5.74, 6) is -0.347.